The van der Waals surface area contributed by atoms with Crippen molar-refractivity contribution in [1.82, 2.24) is 4.90 Å². The number of unbranched alkanes of at least 4 members (excludes halogenated alkanes) is 2. The van der Waals surface area contributed by atoms with Gasteiger partial charge in [0.1, 0.15) is 0 Å². The highest BCUT2D eigenvalue weighted by Gasteiger charge is 2.09. The third-order valence-electron chi connectivity index (χ3n) is 3.51. The van der Waals surface area contributed by atoms with E-state index in [9.17, 15) is 4.79 Å². The molecular weight excluding hydrogens is 250 g/mol. The van der Waals surface area contributed by atoms with E-state index >= 15 is 0 Å². The van der Waals surface area contributed by atoms with E-state index in [0.717, 1.165) is 19.4 Å². The monoisotopic (exact) mass is 271 g/mol. The van der Waals surface area contributed by atoms with Crippen LogP contribution in [-0.2, 0) is 11.2 Å². The summed E-state index contributed by atoms with van der Waals surface area (Å²) in [6.45, 7) is 1.70. The minimum absolute atomic E-state index is 0.394. The number of hydrogen-bond acceptors (Lipinski definition) is 2. The third kappa shape index (κ3) is 4.57. The average Bonchev–Trinajstić information content (AvgIpc) is 2.48. The number of nitrogens with zero attached hydrogens (tertiary/aromatic N) is 1. The summed E-state index contributed by atoms with van der Waals surface area (Å²) in [7, 11) is 0. The predicted octanol–water partition coefficient (Wildman–Crippen LogP) is 3.24. The molecule has 3 nitrogen and oxygen atoms in total. The van der Waals surface area contributed by atoms with Gasteiger partial charge < -0.3 is 10.0 Å². The summed E-state index contributed by atoms with van der Waals surface area (Å²) < 4.78 is 0. The Morgan fingerprint density at radius 2 is 1.95 bits per heavy atom. The average molecular weight is 271 g/mol. The summed E-state index contributed by atoms with van der Waals surface area (Å²) in [6, 6.07) is 10.6. The molecule has 1 N–H and O–H groups in total. The smallest absolute Gasteiger partial charge is 0.335 e. The van der Waals surface area contributed by atoms with Crippen molar-refractivity contribution >= 4 is 5.97 Å². The van der Waals surface area contributed by atoms with Crippen LogP contribution in [0.15, 0.2) is 54.3 Å². The molecule has 0 unspecified atom stereocenters. The summed E-state index contributed by atoms with van der Waals surface area (Å²) in [6.07, 6.45) is 10.0. The Kier molecular flexibility index (Phi) is 5.42. The van der Waals surface area contributed by atoms with Crippen molar-refractivity contribution in [1.29, 1.82) is 0 Å². The lowest BCUT2D eigenvalue weighted by Crippen LogP contribution is -2.22. The zero-order valence-electron chi connectivity index (χ0n) is 11.7. The summed E-state index contributed by atoms with van der Waals surface area (Å²) in [4.78, 5) is 12.9. The fraction of sp³-hybridized carbons (Fsp3) is 0.353. The van der Waals surface area contributed by atoms with Gasteiger partial charge in [0.05, 0.1) is 5.57 Å². The Morgan fingerprint density at radius 3 is 2.60 bits per heavy atom. The highest BCUT2D eigenvalue weighted by molar-refractivity contribution is 5.90. The summed E-state index contributed by atoms with van der Waals surface area (Å²) in [5.74, 6) is -0.844. The second kappa shape index (κ2) is 7.53. The van der Waals surface area contributed by atoms with Gasteiger partial charge in [-0.25, -0.2) is 4.79 Å². The molecule has 0 saturated carbocycles. The van der Waals surface area contributed by atoms with Crippen LogP contribution >= 0.6 is 0 Å². The zero-order valence-corrected chi connectivity index (χ0v) is 11.7. The van der Waals surface area contributed by atoms with Gasteiger partial charge in [0.25, 0.3) is 0 Å². The van der Waals surface area contributed by atoms with E-state index in [-0.39, 0.29) is 0 Å². The second-order valence-electron chi connectivity index (χ2n) is 5.07. The van der Waals surface area contributed by atoms with Crippen molar-refractivity contribution < 1.29 is 9.90 Å². The van der Waals surface area contributed by atoms with Crippen LogP contribution < -0.4 is 0 Å². The topological polar surface area (TPSA) is 40.5 Å². The lowest BCUT2D eigenvalue weighted by molar-refractivity contribution is -0.132. The molecule has 0 spiro atoms. The van der Waals surface area contributed by atoms with Gasteiger partial charge in [-0.3, -0.25) is 0 Å². The fourth-order valence-corrected chi connectivity index (χ4v) is 2.32. The largest absolute Gasteiger partial charge is 0.478 e. The highest BCUT2D eigenvalue weighted by Crippen LogP contribution is 2.10. The SMILES string of the molecule is O=C(O)C1=CCN(CCCCCc2ccccc2)C=C1. The standard InChI is InChI=1S/C17H21NO2/c19-17(20)16-10-13-18(14-11-16)12-6-2-5-9-15-7-3-1-4-8-15/h1,3-4,7-8,10-11,13H,2,5-6,9,12,14H2,(H,19,20). The molecule has 1 aromatic carbocycles. The van der Waals surface area contributed by atoms with E-state index in [0.29, 0.717) is 12.1 Å². The van der Waals surface area contributed by atoms with Crippen LogP contribution in [0.3, 0.4) is 0 Å². The molecule has 1 aliphatic heterocycles. The maximum absolute atomic E-state index is 10.8. The molecule has 0 atom stereocenters. The Labute approximate surface area is 120 Å². The molecule has 20 heavy (non-hydrogen) atoms. The van der Waals surface area contributed by atoms with E-state index in [1.165, 1.54) is 18.4 Å². The quantitative estimate of drug-likeness (QED) is 0.774. The van der Waals surface area contributed by atoms with Crippen LogP contribution in [0, 0.1) is 0 Å². The Hall–Kier alpha value is -2.03. The van der Waals surface area contributed by atoms with Crippen molar-refractivity contribution in [3.63, 3.8) is 0 Å². The van der Waals surface area contributed by atoms with E-state index in [1.807, 2.05) is 12.3 Å². The molecule has 0 fully saturated rings. The number of aliphatic carboxylic acids is 1. The van der Waals surface area contributed by atoms with Crippen LogP contribution in [0.4, 0.5) is 0 Å². The first kappa shape index (κ1) is 14.4. The Balaban J connectivity index is 1.59. The van der Waals surface area contributed by atoms with Gasteiger partial charge in [0.15, 0.2) is 0 Å². The molecule has 3 heteroatoms. The number of carboxylic acid groups (broad SMARTS) is 1. The van der Waals surface area contributed by atoms with Crippen molar-refractivity contribution in [2.75, 3.05) is 13.1 Å². The van der Waals surface area contributed by atoms with Gasteiger partial charge in [-0.05, 0) is 30.9 Å². The van der Waals surface area contributed by atoms with Crippen molar-refractivity contribution in [3.05, 3.63) is 59.8 Å². The molecule has 2 rings (SSSR count). The summed E-state index contributed by atoms with van der Waals surface area (Å²) in [5, 5.41) is 8.84. The third-order valence-corrected chi connectivity index (χ3v) is 3.51. The van der Waals surface area contributed by atoms with Crippen molar-refractivity contribution in [2.45, 2.75) is 25.7 Å². The van der Waals surface area contributed by atoms with E-state index in [1.54, 1.807) is 12.2 Å². The minimum Gasteiger partial charge on any atom is -0.478 e. The van der Waals surface area contributed by atoms with Crippen molar-refractivity contribution in [3.8, 4) is 0 Å². The first-order chi connectivity index (χ1) is 9.75. The first-order valence-corrected chi connectivity index (χ1v) is 7.15. The molecule has 0 saturated heterocycles. The van der Waals surface area contributed by atoms with Gasteiger partial charge in [-0.1, -0.05) is 42.8 Å². The van der Waals surface area contributed by atoms with Crippen molar-refractivity contribution in [2.24, 2.45) is 0 Å². The maximum Gasteiger partial charge on any atom is 0.335 e. The molecule has 1 heterocycles. The molecule has 0 aliphatic carbocycles. The molecule has 0 amide bonds. The van der Waals surface area contributed by atoms with Gasteiger partial charge in [-0.2, -0.15) is 0 Å². The molecule has 0 aromatic heterocycles. The van der Waals surface area contributed by atoms with E-state index in [2.05, 4.69) is 29.2 Å². The lowest BCUT2D eigenvalue weighted by Gasteiger charge is -2.21. The normalized spacial score (nSPS) is 14.2. The van der Waals surface area contributed by atoms with Crippen LogP contribution in [0.2, 0.25) is 0 Å². The molecule has 106 valence electrons. The number of rotatable bonds is 7. The number of carboxylic acids is 1. The molecule has 1 aromatic rings. The number of carbonyl (C=O) groups is 1. The lowest BCUT2D eigenvalue weighted by atomic mass is 10.1. The van der Waals surface area contributed by atoms with Gasteiger partial charge in [0.2, 0.25) is 0 Å². The van der Waals surface area contributed by atoms with E-state index < -0.39 is 5.97 Å². The van der Waals surface area contributed by atoms with Crippen LogP contribution in [0.25, 0.3) is 0 Å². The summed E-state index contributed by atoms with van der Waals surface area (Å²) in [5.41, 5.74) is 1.80. The predicted molar refractivity (Wildman–Crippen MR) is 80.4 cm³/mol. The maximum atomic E-state index is 10.8. The minimum atomic E-state index is -0.844. The number of benzene rings is 1. The van der Waals surface area contributed by atoms with Gasteiger partial charge in [0, 0.05) is 19.3 Å². The Bertz CT molecular complexity index is 491. The van der Waals surface area contributed by atoms with Crippen LogP contribution in [0.5, 0.6) is 0 Å². The van der Waals surface area contributed by atoms with Gasteiger partial charge in [-0.15, -0.1) is 0 Å². The first-order valence-electron chi connectivity index (χ1n) is 7.15. The molecule has 0 bridgehead atoms. The highest BCUT2D eigenvalue weighted by atomic mass is 16.4. The Morgan fingerprint density at radius 1 is 1.15 bits per heavy atom. The molecular formula is C17H21NO2. The molecule has 1 aliphatic rings. The summed E-state index contributed by atoms with van der Waals surface area (Å²) >= 11 is 0. The second-order valence-corrected chi connectivity index (χ2v) is 5.07. The van der Waals surface area contributed by atoms with Gasteiger partial charge >= 0.3 is 5.97 Å². The van der Waals surface area contributed by atoms with Crippen LogP contribution in [0.1, 0.15) is 24.8 Å². The number of aryl methyl sites for hydroxylation is 1. The number of hydrogen-bond donors (Lipinski definition) is 1. The fourth-order valence-electron chi connectivity index (χ4n) is 2.32. The van der Waals surface area contributed by atoms with Crippen LogP contribution in [-0.4, -0.2) is 29.1 Å². The molecule has 0 radical (unpaired) electrons. The van der Waals surface area contributed by atoms with E-state index in [4.69, 9.17) is 5.11 Å². The zero-order chi connectivity index (χ0) is 14.2.